The van der Waals surface area contributed by atoms with Crippen molar-refractivity contribution in [3.05, 3.63) is 36.0 Å². The fraction of sp³-hybridized carbons (Fsp3) is 0.773. The van der Waals surface area contributed by atoms with Gasteiger partial charge in [0.2, 0.25) is 5.79 Å². The molecule has 0 spiro atoms. The van der Waals surface area contributed by atoms with E-state index in [1.165, 1.54) is 19.1 Å². The van der Waals surface area contributed by atoms with Gasteiger partial charge in [0.05, 0.1) is 24.4 Å². The number of Topliss-reactive ketones (excluding diaryl/α,β-unsaturated/α-hetero) is 2. The van der Waals surface area contributed by atoms with Crippen LogP contribution in [0.25, 0.3) is 0 Å². The van der Waals surface area contributed by atoms with Crippen molar-refractivity contribution in [1.29, 1.82) is 0 Å². The molecular formula is C44H69NO12. The third-order valence-electron chi connectivity index (χ3n) is 13.0. The maximum atomic E-state index is 14.3. The second-order valence-electron chi connectivity index (χ2n) is 17.4. The number of hydrogen-bond acceptors (Lipinski definition) is 12. The minimum atomic E-state index is -2.52. The number of fused-ring (bicyclic) bond motifs is 3. The molecule has 0 aromatic carbocycles. The Morgan fingerprint density at radius 2 is 1.67 bits per heavy atom. The summed E-state index contributed by atoms with van der Waals surface area (Å²) < 4.78 is 24.2. The number of aliphatic hydroxyl groups excluding tert-OH is 3. The topological polar surface area (TPSA) is 189 Å². The molecule has 3 aliphatic heterocycles. The van der Waals surface area contributed by atoms with Crippen LogP contribution in [0.2, 0.25) is 0 Å². The second-order valence-corrected chi connectivity index (χ2v) is 17.4. The minimum Gasteiger partial charge on any atom is -0.456 e. The predicted molar refractivity (Wildman–Crippen MR) is 212 cm³/mol. The Kier molecular flexibility index (Phi) is 17.2. The van der Waals surface area contributed by atoms with Gasteiger partial charge in [0.1, 0.15) is 24.0 Å². The molecule has 14 atom stereocenters. The molecule has 13 nitrogen and oxygen atoms in total. The molecule has 1 unspecified atom stereocenters. The summed E-state index contributed by atoms with van der Waals surface area (Å²) in [4.78, 5) is 57.8. The van der Waals surface area contributed by atoms with E-state index in [4.69, 9.17) is 18.9 Å². The SMILES string of the molecule is C=CC[C@@H]1C=C(C)C[C@H](C)C[C@H](OC)C2O[C@@](O)(C(=O)C(=O)N3CCCC[C@H]3C(=O)O[C@H](C(C)=C[C@@H]3CC[C@@H](O)[C@H](CO)C3)[C@H](C)[C@@H](O)CC1=O)[C@H](C)C[C@@H]2OC. The molecule has 3 heterocycles. The average Bonchev–Trinajstić information content (AvgIpc) is 3.18. The largest absolute Gasteiger partial charge is 0.456 e. The van der Waals surface area contributed by atoms with Crippen molar-refractivity contribution in [2.75, 3.05) is 27.4 Å². The van der Waals surface area contributed by atoms with Crippen LogP contribution in [-0.2, 0) is 38.1 Å². The van der Waals surface area contributed by atoms with Crippen LogP contribution >= 0.6 is 0 Å². The van der Waals surface area contributed by atoms with Gasteiger partial charge in [-0.05, 0) is 95.5 Å². The van der Waals surface area contributed by atoms with Gasteiger partial charge in [0.15, 0.2) is 0 Å². The lowest BCUT2D eigenvalue weighted by atomic mass is 9.78. The van der Waals surface area contributed by atoms with Crippen LogP contribution in [0, 0.1) is 35.5 Å². The smallest absolute Gasteiger partial charge is 0.329 e. The fourth-order valence-corrected chi connectivity index (χ4v) is 9.51. The van der Waals surface area contributed by atoms with Gasteiger partial charge in [-0.1, -0.05) is 44.6 Å². The van der Waals surface area contributed by atoms with Crippen molar-refractivity contribution in [2.24, 2.45) is 35.5 Å². The third kappa shape index (κ3) is 11.3. The number of hydrogen-bond donors (Lipinski definition) is 4. The van der Waals surface area contributed by atoms with E-state index in [-0.39, 0.29) is 56.0 Å². The summed E-state index contributed by atoms with van der Waals surface area (Å²) in [5.74, 6) is -8.19. The van der Waals surface area contributed by atoms with Crippen LogP contribution in [-0.4, -0.2) is 125 Å². The highest BCUT2D eigenvalue weighted by Crippen LogP contribution is 2.39. The van der Waals surface area contributed by atoms with E-state index in [9.17, 15) is 39.6 Å². The van der Waals surface area contributed by atoms with E-state index >= 15 is 0 Å². The van der Waals surface area contributed by atoms with E-state index in [0.29, 0.717) is 56.9 Å². The minimum absolute atomic E-state index is 0.00385. The number of esters is 1. The molecule has 0 aromatic rings. The summed E-state index contributed by atoms with van der Waals surface area (Å²) >= 11 is 0. The number of amides is 1. The molecule has 2 bridgehead atoms. The average molecular weight is 804 g/mol. The molecule has 1 saturated carbocycles. The van der Waals surface area contributed by atoms with E-state index in [1.54, 1.807) is 26.8 Å². The highest BCUT2D eigenvalue weighted by molar-refractivity contribution is 6.39. The quantitative estimate of drug-likeness (QED) is 0.163. The van der Waals surface area contributed by atoms with Crippen LogP contribution < -0.4 is 0 Å². The van der Waals surface area contributed by atoms with Gasteiger partial charge in [-0.2, -0.15) is 0 Å². The zero-order chi connectivity index (χ0) is 42.2. The summed E-state index contributed by atoms with van der Waals surface area (Å²) in [6, 6.07) is -1.16. The zero-order valence-electron chi connectivity index (χ0n) is 35.1. The molecule has 1 amide bonds. The molecule has 3 fully saturated rings. The Morgan fingerprint density at radius 1 is 0.982 bits per heavy atom. The summed E-state index contributed by atoms with van der Waals surface area (Å²) in [6.07, 6.45) is 5.00. The lowest BCUT2D eigenvalue weighted by molar-refractivity contribution is -0.302. The van der Waals surface area contributed by atoms with Gasteiger partial charge in [-0.25, -0.2) is 4.79 Å². The van der Waals surface area contributed by atoms with Crippen molar-refractivity contribution >= 4 is 23.4 Å². The Balaban J connectivity index is 1.78. The number of carbonyl (C=O) groups excluding carboxylic acids is 4. The maximum Gasteiger partial charge on any atom is 0.329 e. The van der Waals surface area contributed by atoms with Crippen LogP contribution in [0.4, 0.5) is 0 Å². The predicted octanol–water partition coefficient (Wildman–Crippen LogP) is 4.23. The lowest BCUT2D eigenvalue weighted by Gasteiger charge is -2.47. The van der Waals surface area contributed by atoms with E-state index in [0.717, 1.165) is 5.57 Å². The van der Waals surface area contributed by atoms with Crippen LogP contribution in [0.5, 0.6) is 0 Å². The Hall–Kier alpha value is -2.78. The number of allylic oxidation sites excluding steroid dienone is 4. The normalized spacial score (nSPS) is 40.1. The molecular weight excluding hydrogens is 734 g/mol. The molecule has 4 rings (SSSR count). The summed E-state index contributed by atoms with van der Waals surface area (Å²) in [7, 11) is 3.04. The first-order valence-corrected chi connectivity index (χ1v) is 21.0. The highest BCUT2D eigenvalue weighted by atomic mass is 16.7. The third-order valence-corrected chi connectivity index (χ3v) is 13.0. The maximum absolute atomic E-state index is 14.3. The van der Waals surface area contributed by atoms with Crippen LogP contribution in [0.15, 0.2) is 36.0 Å². The monoisotopic (exact) mass is 803 g/mol. The van der Waals surface area contributed by atoms with Crippen LogP contribution in [0.1, 0.15) is 105 Å². The number of piperidine rings is 1. The first-order chi connectivity index (χ1) is 27.0. The van der Waals surface area contributed by atoms with Crippen molar-refractivity contribution < 1.29 is 58.6 Å². The van der Waals surface area contributed by atoms with Gasteiger partial charge >= 0.3 is 5.97 Å². The van der Waals surface area contributed by atoms with Crippen molar-refractivity contribution in [3.8, 4) is 0 Å². The molecule has 4 N–H and O–H groups in total. The fourth-order valence-electron chi connectivity index (χ4n) is 9.51. The van der Waals surface area contributed by atoms with Gasteiger partial charge in [-0.15, -0.1) is 6.58 Å². The summed E-state index contributed by atoms with van der Waals surface area (Å²) in [5.41, 5.74) is 1.58. The molecule has 0 radical (unpaired) electrons. The molecule has 322 valence electrons. The molecule has 13 heteroatoms. The molecule has 0 aromatic heterocycles. The number of methoxy groups -OCH3 is 2. The van der Waals surface area contributed by atoms with Crippen molar-refractivity contribution in [2.45, 2.75) is 154 Å². The Bertz CT molecular complexity index is 1480. The van der Waals surface area contributed by atoms with E-state index < -0.39 is 83.9 Å². The lowest BCUT2D eigenvalue weighted by Crippen LogP contribution is -2.64. The Labute approximate surface area is 338 Å². The molecule has 57 heavy (non-hydrogen) atoms. The number of aliphatic hydroxyl groups is 4. The number of cyclic esters (lactones) is 1. The highest BCUT2D eigenvalue weighted by Gasteiger charge is 2.56. The molecule has 2 saturated heterocycles. The van der Waals surface area contributed by atoms with Gasteiger partial charge < -0.3 is 44.3 Å². The zero-order valence-corrected chi connectivity index (χ0v) is 35.1. The van der Waals surface area contributed by atoms with Crippen LogP contribution in [0.3, 0.4) is 0 Å². The van der Waals surface area contributed by atoms with E-state index in [1.807, 2.05) is 26.0 Å². The number of ketones is 2. The molecule has 1 aliphatic carbocycles. The second kappa shape index (κ2) is 21.0. The van der Waals surface area contributed by atoms with Gasteiger partial charge in [-0.3, -0.25) is 14.4 Å². The summed E-state index contributed by atoms with van der Waals surface area (Å²) in [6.45, 7) is 12.9. The van der Waals surface area contributed by atoms with Gasteiger partial charge in [0.25, 0.3) is 11.7 Å². The number of rotatable bonds is 7. The summed E-state index contributed by atoms with van der Waals surface area (Å²) in [5, 5.41) is 44.0. The first-order valence-electron chi connectivity index (χ1n) is 21.0. The Morgan fingerprint density at radius 3 is 2.32 bits per heavy atom. The van der Waals surface area contributed by atoms with Gasteiger partial charge in [0, 0.05) is 57.5 Å². The standard InChI is InChI=1S/C44H69NO12/c1-9-12-31-18-25(2)17-26(3)19-37(54-7)40-38(55-8)21-28(5)44(53,57-40)41(50)42(51)45-16-11-10-13-33(45)43(52)56-39(29(6)35(48)23-36(31)49)27(4)20-30-14-15-34(47)32(22-30)24-46/h9,18,20,26,28-35,37-40,46-48,53H,1,10-17,19,21-24H2,2-8H3/t26-,28+,29+,30-,31+,32-,33-,34+,35-,37-,38-,39+,40?,44+/m0/s1. The van der Waals surface area contributed by atoms with Crippen molar-refractivity contribution in [3.63, 3.8) is 0 Å². The number of nitrogens with zero attached hydrogens (tertiary/aromatic N) is 1. The van der Waals surface area contributed by atoms with Crippen molar-refractivity contribution in [1.82, 2.24) is 4.90 Å². The first kappa shape index (κ1) is 46.9. The number of carbonyl (C=O) groups is 4. The van der Waals surface area contributed by atoms with E-state index in [2.05, 4.69) is 6.58 Å². The number of ether oxygens (including phenoxy) is 4. The molecule has 4 aliphatic rings.